The summed E-state index contributed by atoms with van der Waals surface area (Å²) in [5.41, 5.74) is 0. The highest BCUT2D eigenvalue weighted by molar-refractivity contribution is 7.59. The van der Waals surface area contributed by atoms with E-state index < -0.39 is 28.5 Å². The first-order valence-corrected chi connectivity index (χ1v) is 7.03. The molecule has 2 N–H and O–H groups in total. The van der Waals surface area contributed by atoms with Gasteiger partial charge >= 0.3 is 7.94 Å². The van der Waals surface area contributed by atoms with Gasteiger partial charge in [-0.25, -0.2) is 14.7 Å². The second-order valence-electron chi connectivity index (χ2n) is 2.79. The van der Waals surface area contributed by atoms with Crippen LogP contribution in [-0.2, 0) is 14.3 Å². The van der Waals surface area contributed by atoms with E-state index >= 15 is 0 Å². The van der Waals surface area contributed by atoms with Gasteiger partial charge < -0.3 is 4.89 Å². The van der Waals surface area contributed by atoms with Crippen LogP contribution in [-0.4, -0.2) is 40.4 Å². The Balaban J connectivity index is 2.44. The molecular formula is C4H10NO6P2+. The van der Waals surface area contributed by atoms with Crippen molar-refractivity contribution in [1.29, 1.82) is 0 Å². The zero-order chi connectivity index (χ0) is 10.1. The van der Waals surface area contributed by atoms with Crippen molar-refractivity contribution >= 4 is 15.9 Å². The average Bonchev–Trinajstić information content (AvgIpc) is 1.79. The Bertz CT molecular complexity index is 180. The molecule has 0 bridgehead atoms. The lowest BCUT2D eigenvalue weighted by atomic mass is 10.6. The van der Waals surface area contributed by atoms with Crippen LogP contribution < -0.4 is 4.89 Å². The number of rotatable bonds is 2. The van der Waals surface area contributed by atoms with Gasteiger partial charge in [0.05, 0.1) is 0 Å². The van der Waals surface area contributed by atoms with E-state index in [1.54, 1.807) is 0 Å². The molecule has 1 heterocycles. The molecule has 7 nitrogen and oxygen atoms in total. The highest BCUT2D eigenvalue weighted by Crippen LogP contribution is 2.56. The van der Waals surface area contributed by atoms with Crippen LogP contribution in [0, 0.1) is 0 Å². The maximum Gasteiger partial charge on any atom is 0.512 e. The van der Waals surface area contributed by atoms with Crippen LogP contribution >= 0.6 is 15.9 Å². The second kappa shape index (κ2) is 3.98. The van der Waals surface area contributed by atoms with Gasteiger partial charge in [0, 0.05) is 16.3 Å². The molecule has 1 fully saturated rings. The molecule has 0 aliphatic carbocycles. The van der Waals surface area contributed by atoms with E-state index in [4.69, 9.17) is 9.79 Å². The summed E-state index contributed by atoms with van der Waals surface area (Å²) in [7, 11) is -8.08. The lowest BCUT2D eigenvalue weighted by molar-refractivity contribution is -0.210. The van der Waals surface area contributed by atoms with Gasteiger partial charge in [-0.15, -0.1) is 0 Å². The molecule has 0 aromatic rings. The zero-order valence-electron chi connectivity index (χ0n) is 6.70. The molecule has 0 unspecified atom stereocenters. The Morgan fingerprint density at radius 2 is 2.15 bits per heavy atom. The van der Waals surface area contributed by atoms with Crippen molar-refractivity contribution in [3.05, 3.63) is 0 Å². The van der Waals surface area contributed by atoms with Crippen LogP contribution in [0.1, 0.15) is 0 Å². The van der Waals surface area contributed by atoms with Gasteiger partial charge in [0.15, 0.2) is 6.29 Å². The summed E-state index contributed by atoms with van der Waals surface area (Å²) >= 11 is 0. The van der Waals surface area contributed by atoms with Crippen molar-refractivity contribution in [3.8, 4) is 0 Å². The van der Waals surface area contributed by atoms with Crippen LogP contribution in [0.4, 0.5) is 0 Å². The lowest BCUT2D eigenvalue weighted by Crippen LogP contribution is -2.37. The third-order valence-corrected chi connectivity index (χ3v) is 3.54. The summed E-state index contributed by atoms with van der Waals surface area (Å²) in [5.74, 6) is 0. The van der Waals surface area contributed by atoms with Gasteiger partial charge in [0.1, 0.15) is 6.61 Å². The summed E-state index contributed by atoms with van der Waals surface area (Å²) in [5, 5.41) is 0. The lowest BCUT2D eigenvalue weighted by Gasteiger charge is -2.27. The Hall–Kier alpha value is 0.580. The van der Waals surface area contributed by atoms with Crippen molar-refractivity contribution in [3.63, 3.8) is 0 Å². The van der Waals surface area contributed by atoms with E-state index in [2.05, 4.69) is 4.52 Å². The van der Waals surface area contributed by atoms with E-state index in [9.17, 15) is 14.7 Å². The predicted octanol–water partition coefficient (Wildman–Crippen LogP) is -1.04. The van der Waals surface area contributed by atoms with E-state index in [0.29, 0.717) is 0 Å². The molecule has 0 spiro atoms. The molecule has 9 heteroatoms. The summed E-state index contributed by atoms with van der Waals surface area (Å²) in [6.45, 7) is 0.179. The maximum atomic E-state index is 10.9. The molecule has 2 radical (unpaired) electrons. The van der Waals surface area contributed by atoms with Crippen LogP contribution in [0.5, 0.6) is 0 Å². The topological polar surface area (TPSA) is 116 Å². The van der Waals surface area contributed by atoms with Gasteiger partial charge in [-0.1, -0.05) is 0 Å². The number of hydrogen-bond donors (Lipinski definition) is 2. The Morgan fingerprint density at radius 3 is 2.62 bits per heavy atom. The van der Waals surface area contributed by atoms with Crippen LogP contribution in [0.3, 0.4) is 0 Å². The minimum Gasteiger partial charge on any atom is -0.631 e. The molecule has 0 aromatic heterocycles. The fraction of sp³-hybridized carbons (Fsp3) is 1.00. The van der Waals surface area contributed by atoms with Crippen molar-refractivity contribution in [2.24, 2.45) is 0 Å². The standard InChI is InChI=1S/C4H10NO6P2/c6-12(7,8)3-5-1-2-11-13(9,10)4-5/h1-4H2,(H2,6,7,8)/q+1. The Kier molecular flexibility index (Phi) is 3.57. The van der Waals surface area contributed by atoms with Crippen molar-refractivity contribution in [2.45, 2.75) is 0 Å². The highest BCUT2D eigenvalue weighted by Gasteiger charge is 2.50. The van der Waals surface area contributed by atoms with Crippen LogP contribution in [0.2, 0.25) is 0 Å². The van der Waals surface area contributed by atoms with E-state index in [-0.39, 0.29) is 13.2 Å². The van der Waals surface area contributed by atoms with Gasteiger partial charge in [0.2, 0.25) is 14.2 Å². The molecule has 1 aliphatic rings. The molecule has 0 atom stereocenters. The first-order valence-electron chi connectivity index (χ1n) is 3.50. The largest absolute Gasteiger partial charge is 0.631 e. The summed E-state index contributed by atoms with van der Waals surface area (Å²) in [6.07, 6.45) is -0.972. The Labute approximate surface area is 76.4 Å². The first kappa shape index (κ1) is 11.7. The highest BCUT2D eigenvalue weighted by atomic mass is 31.2. The van der Waals surface area contributed by atoms with E-state index in [1.807, 2.05) is 0 Å². The molecule has 1 saturated heterocycles. The molecule has 0 saturated carbocycles. The first-order chi connectivity index (χ1) is 5.79. The zero-order valence-corrected chi connectivity index (χ0v) is 8.49. The van der Waals surface area contributed by atoms with Crippen molar-refractivity contribution in [2.75, 3.05) is 25.7 Å². The monoisotopic (exact) mass is 230 g/mol. The van der Waals surface area contributed by atoms with Crippen LogP contribution in [0.15, 0.2) is 0 Å². The quantitative estimate of drug-likeness (QED) is 0.588. The van der Waals surface area contributed by atoms with Gasteiger partial charge in [-0.05, 0) is 0 Å². The minimum atomic E-state index is -4.18. The number of hydrogen-bond acceptors (Lipinski definition) is 5. The van der Waals surface area contributed by atoms with Gasteiger partial charge in [0.25, 0.3) is 0 Å². The van der Waals surface area contributed by atoms with Gasteiger partial charge in [-0.2, -0.15) is 4.52 Å². The molecule has 0 aromatic carbocycles. The maximum absolute atomic E-state index is 10.9. The molecule has 1 aliphatic heterocycles. The van der Waals surface area contributed by atoms with Crippen LogP contribution in [0.25, 0.3) is 0 Å². The van der Waals surface area contributed by atoms with Crippen molar-refractivity contribution < 1.29 is 29.0 Å². The predicted molar refractivity (Wildman–Crippen MR) is 42.0 cm³/mol. The average molecular weight is 230 g/mol. The summed E-state index contributed by atoms with van der Waals surface area (Å²) < 4.78 is 4.42. The smallest absolute Gasteiger partial charge is 0.512 e. The fourth-order valence-corrected chi connectivity index (χ4v) is 3.13. The molecular weight excluding hydrogens is 220 g/mol. The van der Waals surface area contributed by atoms with E-state index in [0.717, 1.165) is 4.90 Å². The SMILES string of the molecule is [O][P+]1([O])CN(C[P+]([O-])(O)O)CCO1. The van der Waals surface area contributed by atoms with Gasteiger partial charge in [-0.3, -0.25) is 0 Å². The number of nitrogens with zero attached hydrogens (tertiary/aromatic N) is 1. The normalized spacial score (nSPS) is 24.7. The van der Waals surface area contributed by atoms with E-state index in [1.165, 1.54) is 0 Å². The fourth-order valence-electron chi connectivity index (χ4n) is 1.04. The summed E-state index contributed by atoms with van der Waals surface area (Å²) in [4.78, 5) is 50.6. The second-order valence-corrected chi connectivity index (χ2v) is 6.16. The molecule has 76 valence electrons. The minimum absolute atomic E-state index is 0.0409. The third-order valence-electron chi connectivity index (χ3n) is 1.45. The van der Waals surface area contributed by atoms with Crippen molar-refractivity contribution in [1.82, 2.24) is 4.90 Å². The molecule has 13 heavy (non-hydrogen) atoms. The third kappa shape index (κ3) is 4.56. The Morgan fingerprint density at radius 1 is 1.54 bits per heavy atom. The molecule has 1 rings (SSSR count). The summed E-state index contributed by atoms with van der Waals surface area (Å²) in [6, 6.07) is 0. The molecule has 0 amide bonds.